The largest absolute Gasteiger partial charge is 0.319 e. The lowest BCUT2D eigenvalue weighted by Gasteiger charge is -2.05. The van der Waals surface area contributed by atoms with Crippen LogP contribution in [0.2, 0.25) is 0 Å². The van der Waals surface area contributed by atoms with Crippen LogP contribution in [0.1, 0.15) is 20.8 Å². The molecule has 0 unspecified atom stereocenters. The quantitative estimate of drug-likeness (QED) is 0.862. The predicted molar refractivity (Wildman–Crippen MR) is 68.1 cm³/mol. The van der Waals surface area contributed by atoms with E-state index in [0.29, 0.717) is 4.88 Å². The van der Waals surface area contributed by atoms with Crippen LogP contribution in [0.25, 0.3) is 0 Å². The number of benzene rings is 1. The third-order valence-corrected chi connectivity index (χ3v) is 3.81. The molecule has 0 fully saturated rings. The summed E-state index contributed by atoms with van der Waals surface area (Å²) >= 11 is 1.37. The molecule has 17 heavy (non-hydrogen) atoms. The number of halogens is 1. The topological polar surface area (TPSA) is 29.1 Å². The van der Waals surface area contributed by atoms with Gasteiger partial charge in [0.2, 0.25) is 0 Å². The fourth-order valence-electron chi connectivity index (χ4n) is 1.47. The second-order valence-electron chi connectivity index (χ2n) is 3.81. The number of anilines is 1. The predicted octanol–water partition coefficient (Wildman–Crippen LogP) is 3.76. The van der Waals surface area contributed by atoms with Crippen LogP contribution in [-0.2, 0) is 0 Å². The van der Waals surface area contributed by atoms with Gasteiger partial charge < -0.3 is 5.32 Å². The highest BCUT2D eigenvalue weighted by Crippen LogP contribution is 2.22. The Morgan fingerprint density at radius 2 is 2.00 bits per heavy atom. The van der Waals surface area contributed by atoms with E-state index in [9.17, 15) is 9.18 Å². The van der Waals surface area contributed by atoms with Gasteiger partial charge in [0.15, 0.2) is 0 Å². The Kier molecular flexibility index (Phi) is 3.24. The van der Waals surface area contributed by atoms with Gasteiger partial charge in [-0.15, -0.1) is 11.3 Å². The summed E-state index contributed by atoms with van der Waals surface area (Å²) in [6.07, 6.45) is 0. The summed E-state index contributed by atoms with van der Waals surface area (Å²) in [7, 11) is 0. The highest BCUT2D eigenvalue weighted by atomic mass is 32.1. The maximum absolute atomic E-state index is 13.4. The molecule has 0 saturated heterocycles. The van der Waals surface area contributed by atoms with E-state index in [-0.39, 0.29) is 11.6 Å². The molecule has 0 aliphatic carbocycles. The summed E-state index contributed by atoms with van der Waals surface area (Å²) in [5.41, 5.74) is 2.24. The molecule has 1 aromatic heterocycles. The van der Waals surface area contributed by atoms with Crippen molar-refractivity contribution in [3.63, 3.8) is 0 Å². The van der Waals surface area contributed by atoms with Crippen molar-refractivity contribution in [1.29, 1.82) is 0 Å². The molecule has 2 rings (SSSR count). The van der Waals surface area contributed by atoms with Gasteiger partial charge in [-0.1, -0.05) is 12.1 Å². The lowest BCUT2D eigenvalue weighted by molar-refractivity contribution is 0.102. The van der Waals surface area contributed by atoms with Crippen LogP contribution in [0.5, 0.6) is 0 Å². The number of nitrogens with one attached hydrogen (secondary N) is 1. The number of aryl methyl sites for hydroxylation is 1. The molecule has 1 N–H and O–H groups in total. The van der Waals surface area contributed by atoms with Crippen molar-refractivity contribution in [3.8, 4) is 0 Å². The molecule has 1 aromatic carbocycles. The number of carbonyl (C=O) groups excluding carboxylic acids is 1. The molecule has 1 amide bonds. The minimum Gasteiger partial charge on any atom is -0.319 e. The summed E-state index contributed by atoms with van der Waals surface area (Å²) in [6.45, 7) is 3.84. The Bertz CT molecular complexity index is 562. The number of amides is 1. The average molecular weight is 249 g/mol. The Morgan fingerprint density at radius 3 is 2.59 bits per heavy atom. The Labute approximate surface area is 103 Å². The fourth-order valence-corrected chi connectivity index (χ4v) is 2.44. The molecule has 0 radical (unpaired) electrons. The first-order chi connectivity index (χ1) is 8.09. The number of rotatable bonds is 2. The molecule has 1 heterocycles. The molecule has 0 bridgehead atoms. The first kappa shape index (κ1) is 11.8. The first-order valence-electron chi connectivity index (χ1n) is 5.20. The van der Waals surface area contributed by atoms with E-state index >= 15 is 0 Å². The molecule has 0 aliphatic rings. The normalized spacial score (nSPS) is 10.3. The third-order valence-electron chi connectivity index (χ3n) is 2.61. The van der Waals surface area contributed by atoms with E-state index in [0.717, 1.165) is 11.1 Å². The van der Waals surface area contributed by atoms with Gasteiger partial charge in [-0.3, -0.25) is 4.79 Å². The number of thiophene rings is 1. The number of carbonyl (C=O) groups is 1. The van der Waals surface area contributed by atoms with Gasteiger partial charge in [0.1, 0.15) is 5.82 Å². The van der Waals surface area contributed by atoms with Crippen molar-refractivity contribution < 1.29 is 9.18 Å². The van der Waals surface area contributed by atoms with E-state index in [4.69, 9.17) is 0 Å². The van der Waals surface area contributed by atoms with Gasteiger partial charge in [-0.25, -0.2) is 4.39 Å². The summed E-state index contributed by atoms with van der Waals surface area (Å²) in [5, 5.41) is 4.50. The number of hydrogen-bond acceptors (Lipinski definition) is 2. The van der Waals surface area contributed by atoms with Crippen LogP contribution in [-0.4, -0.2) is 5.91 Å². The van der Waals surface area contributed by atoms with E-state index < -0.39 is 5.82 Å². The summed E-state index contributed by atoms with van der Waals surface area (Å²) < 4.78 is 13.4. The lowest BCUT2D eigenvalue weighted by atomic mass is 10.2. The minimum absolute atomic E-state index is 0.211. The zero-order chi connectivity index (χ0) is 12.4. The number of para-hydroxylation sites is 1. The van der Waals surface area contributed by atoms with Crippen LogP contribution in [0.4, 0.5) is 10.1 Å². The van der Waals surface area contributed by atoms with E-state index in [1.807, 2.05) is 19.2 Å². The van der Waals surface area contributed by atoms with Gasteiger partial charge in [0.05, 0.1) is 10.6 Å². The zero-order valence-electron chi connectivity index (χ0n) is 9.58. The molecular formula is C13H12FNOS. The molecular weight excluding hydrogens is 237 g/mol. The molecule has 2 aromatic rings. The molecule has 0 aliphatic heterocycles. The average Bonchev–Trinajstić information content (AvgIpc) is 2.63. The lowest BCUT2D eigenvalue weighted by Crippen LogP contribution is -2.12. The summed E-state index contributed by atoms with van der Waals surface area (Å²) in [4.78, 5) is 12.6. The van der Waals surface area contributed by atoms with Crippen LogP contribution < -0.4 is 5.32 Å². The molecule has 88 valence electrons. The minimum atomic E-state index is -0.424. The second kappa shape index (κ2) is 4.67. The molecule has 0 spiro atoms. The third kappa shape index (κ3) is 2.36. The van der Waals surface area contributed by atoms with Crippen molar-refractivity contribution in [1.82, 2.24) is 0 Å². The summed E-state index contributed by atoms with van der Waals surface area (Å²) in [5.74, 6) is -0.683. The highest BCUT2D eigenvalue weighted by Gasteiger charge is 2.14. The number of hydrogen-bond donors (Lipinski definition) is 1. The van der Waals surface area contributed by atoms with Crippen LogP contribution >= 0.6 is 11.3 Å². The maximum atomic E-state index is 13.4. The smallest absolute Gasteiger partial charge is 0.266 e. The SMILES string of the molecule is Cc1csc(C(=O)Nc2ccccc2F)c1C. The molecule has 2 nitrogen and oxygen atoms in total. The zero-order valence-corrected chi connectivity index (χ0v) is 10.4. The van der Waals surface area contributed by atoms with Gasteiger partial charge in [0, 0.05) is 0 Å². The second-order valence-corrected chi connectivity index (χ2v) is 4.69. The van der Waals surface area contributed by atoms with Gasteiger partial charge in [-0.05, 0) is 42.5 Å². The maximum Gasteiger partial charge on any atom is 0.266 e. The Hall–Kier alpha value is -1.68. The fraction of sp³-hybridized carbons (Fsp3) is 0.154. The first-order valence-corrected chi connectivity index (χ1v) is 6.08. The van der Waals surface area contributed by atoms with Crippen molar-refractivity contribution in [2.45, 2.75) is 13.8 Å². The van der Waals surface area contributed by atoms with Gasteiger partial charge in [0.25, 0.3) is 5.91 Å². The van der Waals surface area contributed by atoms with E-state index in [1.54, 1.807) is 18.2 Å². The van der Waals surface area contributed by atoms with Gasteiger partial charge >= 0.3 is 0 Å². The van der Waals surface area contributed by atoms with E-state index in [2.05, 4.69) is 5.32 Å². The van der Waals surface area contributed by atoms with Crippen molar-refractivity contribution in [2.24, 2.45) is 0 Å². The highest BCUT2D eigenvalue weighted by molar-refractivity contribution is 7.12. The van der Waals surface area contributed by atoms with Crippen molar-refractivity contribution >= 4 is 22.9 Å². The Morgan fingerprint density at radius 1 is 1.29 bits per heavy atom. The molecule has 0 atom stereocenters. The summed E-state index contributed by atoms with van der Waals surface area (Å²) in [6, 6.07) is 6.14. The standard InChI is InChI=1S/C13H12FNOS/c1-8-7-17-12(9(8)2)13(16)15-11-6-4-3-5-10(11)14/h3-7H,1-2H3,(H,15,16). The van der Waals surface area contributed by atoms with Crippen LogP contribution in [0.3, 0.4) is 0 Å². The molecule has 0 saturated carbocycles. The van der Waals surface area contributed by atoms with E-state index in [1.165, 1.54) is 17.4 Å². The Balaban J connectivity index is 2.23. The molecule has 4 heteroatoms. The van der Waals surface area contributed by atoms with Crippen molar-refractivity contribution in [2.75, 3.05) is 5.32 Å². The van der Waals surface area contributed by atoms with Crippen LogP contribution in [0.15, 0.2) is 29.6 Å². The monoisotopic (exact) mass is 249 g/mol. The van der Waals surface area contributed by atoms with Crippen molar-refractivity contribution in [3.05, 3.63) is 51.5 Å². The van der Waals surface area contributed by atoms with Crippen LogP contribution in [0, 0.1) is 19.7 Å². The van der Waals surface area contributed by atoms with Gasteiger partial charge in [-0.2, -0.15) is 0 Å².